The fraction of sp³-hybridized carbons (Fsp3) is 0.385. The number of nitrogens with one attached hydrogen (secondary N) is 1. The topological polar surface area (TPSA) is 92.8 Å². The SMILES string of the molecule is COC(=O)C[C@@H]1C(=O)NCCN1S(=O)(=O)c1ccc(F)cc1. The zero-order valence-electron chi connectivity index (χ0n) is 11.8. The predicted octanol–water partition coefficient (Wildman–Crippen LogP) is -0.122. The monoisotopic (exact) mass is 330 g/mol. The van der Waals surface area contributed by atoms with Gasteiger partial charge >= 0.3 is 5.97 Å². The van der Waals surface area contributed by atoms with Crippen LogP contribution in [0, 0.1) is 5.82 Å². The summed E-state index contributed by atoms with van der Waals surface area (Å²) in [7, 11) is -2.86. The van der Waals surface area contributed by atoms with Crippen LogP contribution in [0.25, 0.3) is 0 Å². The summed E-state index contributed by atoms with van der Waals surface area (Å²) >= 11 is 0. The molecule has 22 heavy (non-hydrogen) atoms. The summed E-state index contributed by atoms with van der Waals surface area (Å²) < 4.78 is 43.6. The number of hydrogen-bond donors (Lipinski definition) is 1. The number of carbonyl (C=O) groups is 2. The molecule has 1 amide bonds. The van der Waals surface area contributed by atoms with Gasteiger partial charge in [-0.1, -0.05) is 0 Å². The summed E-state index contributed by atoms with van der Waals surface area (Å²) in [4.78, 5) is 23.2. The van der Waals surface area contributed by atoms with Crippen LogP contribution in [0.5, 0.6) is 0 Å². The van der Waals surface area contributed by atoms with Crippen molar-refractivity contribution in [1.29, 1.82) is 0 Å². The lowest BCUT2D eigenvalue weighted by molar-refractivity contribution is -0.144. The molecule has 0 radical (unpaired) electrons. The van der Waals surface area contributed by atoms with Crippen molar-refractivity contribution in [3.63, 3.8) is 0 Å². The number of ether oxygens (including phenoxy) is 1. The van der Waals surface area contributed by atoms with Crippen molar-refractivity contribution in [3.05, 3.63) is 30.1 Å². The highest BCUT2D eigenvalue weighted by atomic mass is 32.2. The van der Waals surface area contributed by atoms with Gasteiger partial charge in [0.1, 0.15) is 11.9 Å². The Morgan fingerprint density at radius 1 is 1.41 bits per heavy atom. The molecule has 120 valence electrons. The van der Waals surface area contributed by atoms with E-state index in [0.717, 1.165) is 35.7 Å². The van der Waals surface area contributed by atoms with E-state index < -0.39 is 33.8 Å². The quantitative estimate of drug-likeness (QED) is 0.777. The summed E-state index contributed by atoms with van der Waals surface area (Å²) in [5.41, 5.74) is 0. The minimum Gasteiger partial charge on any atom is -0.469 e. The number of halogens is 1. The highest BCUT2D eigenvalue weighted by Crippen LogP contribution is 2.22. The van der Waals surface area contributed by atoms with Crippen molar-refractivity contribution < 1.29 is 27.1 Å². The first kappa shape index (κ1) is 16.4. The Hall–Kier alpha value is -2.00. The molecular weight excluding hydrogens is 315 g/mol. The smallest absolute Gasteiger partial charge is 0.307 e. The molecule has 0 aromatic heterocycles. The highest BCUT2D eigenvalue weighted by Gasteiger charge is 2.39. The summed E-state index contributed by atoms with van der Waals surface area (Å²) in [6, 6.07) is 3.09. The maximum Gasteiger partial charge on any atom is 0.307 e. The second-order valence-electron chi connectivity index (χ2n) is 4.66. The molecule has 0 unspecified atom stereocenters. The molecule has 0 bridgehead atoms. The molecule has 1 saturated heterocycles. The van der Waals surface area contributed by atoms with Crippen molar-refractivity contribution >= 4 is 21.9 Å². The lowest BCUT2D eigenvalue weighted by atomic mass is 10.1. The lowest BCUT2D eigenvalue weighted by Gasteiger charge is -2.33. The number of esters is 1. The number of nitrogens with zero attached hydrogens (tertiary/aromatic N) is 1. The first-order chi connectivity index (χ1) is 10.4. The van der Waals surface area contributed by atoms with Crippen molar-refractivity contribution in [3.8, 4) is 0 Å². The maximum absolute atomic E-state index is 12.9. The van der Waals surface area contributed by atoms with Crippen LogP contribution in [0.3, 0.4) is 0 Å². The van der Waals surface area contributed by atoms with Gasteiger partial charge in [0.25, 0.3) is 0 Å². The van der Waals surface area contributed by atoms with E-state index in [9.17, 15) is 22.4 Å². The average molecular weight is 330 g/mol. The molecule has 9 heteroatoms. The van der Waals surface area contributed by atoms with Crippen molar-refractivity contribution in [2.75, 3.05) is 20.2 Å². The zero-order chi connectivity index (χ0) is 16.3. The van der Waals surface area contributed by atoms with Gasteiger partial charge in [0.2, 0.25) is 15.9 Å². The number of rotatable bonds is 4. The van der Waals surface area contributed by atoms with Gasteiger partial charge in [-0.2, -0.15) is 4.31 Å². The lowest BCUT2D eigenvalue weighted by Crippen LogP contribution is -2.57. The standard InChI is InChI=1S/C13H15FN2O5S/c1-21-12(17)8-11-13(18)15-6-7-16(11)22(19,20)10-4-2-9(14)3-5-10/h2-5,11H,6-8H2,1H3,(H,15,18)/t11-/m1/s1. The molecule has 1 heterocycles. The van der Waals surface area contributed by atoms with Crippen LogP contribution in [0.2, 0.25) is 0 Å². The minimum atomic E-state index is -4.02. The van der Waals surface area contributed by atoms with E-state index in [-0.39, 0.29) is 24.4 Å². The van der Waals surface area contributed by atoms with Crippen LogP contribution in [0.4, 0.5) is 4.39 Å². The second kappa shape index (κ2) is 6.41. The van der Waals surface area contributed by atoms with Crippen LogP contribution in [0.1, 0.15) is 6.42 Å². The molecule has 1 fully saturated rings. The Bertz CT molecular complexity index is 674. The number of methoxy groups -OCH3 is 1. The first-order valence-electron chi connectivity index (χ1n) is 6.48. The molecule has 1 aromatic rings. The number of sulfonamides is 1. The summed E-state index contributed by atoms with van der Waals surface area (Å²) in [5.74, 6) is -1.83. The normalized spacial score (nSPS) is 19.5. The van der Waals surface area contributed by atoms with Crippen LogP contribution in [0.15, 0.2) is 29.2 Å². The van der Waals surface area contributed by atoms with Crippen molar-refractivity contribution in [1.82, 2.24) is 9.62 Å². The van der Waals surface area contributed by atoms with Crippen LogP contribution >= 0.6 is 0 Å². The van der Waals surface area contributed by atoms with Gasteiger partial charge in [-0.3, -0.25) is 9.59 Å². The maximum atomic E-state index is 12.9. The number of hydrogen-bond acceptors (Lipinski definition) is 5. The third-order valence-corrected chi connectivity index (χ3v) is 5.21. The summed E-state index contributed by atoms with van der Waals surface area (Å²) in [6.45, 7) is 0.157. The third kappa shape index (κ3) is 3.25. The van der Waals surface area contributed by atoms with Crippen molar-refractivity contribution in [2.45, 2.75) is 17.4 Å². The van der Waals surface area contributed by atoms with E-state index in [1.807, 2.05) is 0 Å². The molecule has 2 rings (SSSR count). The van der Waals surface area contributed by atoms with E-state index in [2.05, 4.69) is 10.1 Å². The van der Waals surface area contributed by atoms with Gasteiger partial charge in [-0.25, -0.2) is 12.8 Å². The Morgan fingerprint density at radius 3 is 2.64 bits per heavy atom. The molecule has 1 aliphatic heterocycles. The number of benzene rings is 1. The first-order valence-corrected chi connectivity index (χ1v) is 7.92. The molecule has 0 spiro atoms. The minimum absolute atomic E-state index is 0.0209. The van der Waals surface area contributed by atoms with Crippen LogP contribution in [-0.4, -0.2) is 50.8 Å². The number of piperazine rings is 1. The summed E-state index contributed by atoms with van der Waals surface area (Å²) in [5, 5.41) is 2.51. The predicted molar refractivity (Wildman–Crippen MR) is 73.7 cm³/mol. The number of amides is 1. The van der Waals surface area contributed by atoms with Gasteiger partial charge in [-0.05, 0) is 24.3 Å². The molecule has 1 aromatic carbocycles. The van der Waals surface area contributed by atoms with E-state index in [1.165, 1.54) is 0 Å². The van der Waals surface area contributed by atoms with Crippen LogP contribution < -0.4 is 5.32 Å². The Balaban J connectivity index is 2.35. The van der Waals surface area contributed by atoms with E-state index in [4.69, 9.17) is 0 Å². The fourth-order valence-corrected chi connectivity index (χ4v) is 3.75. The third-order valence-electron chi connectivity index (χ3n) is 3.29. The summed E-state index contributed by atoms with van der Waals surface area (Å²) in [6.07, 6.45) is -0.386. The molecule has 0 saturated carbocycles. The Morgan fingerprint density at radius 2 is 2.05 bits per heavy atom. The highest BCUT2D eigenvalue weighted by molar-refractivity contribution is 7.89. The van der Waals surface area contributed by atoms with Crippen LogP contribution in [-0.2, 0) is 24.3 Å². The molecule has 7 nitrogen and oxygen atoms in total. The van der Waals surface area contributed by atoms with E-state index >= 15 is 0 Å². The zero-order valence-corrected chi connectivity index (χ0v) is 12.6. The van der Waals surface area contributed by atoms with Crippen molar-refractivity contribution in [2.24, 2.45) is 0 Å². The van der Waals surface area contributed by atoms with Gasteiger partial charge in [0, 0.05) is 13.1 Å². The van der Waals surface area contributed by atoms with Gasteiger partial charge < -0.3 is 10.1 Å². The average Bonchev–Trinajstić information content (AvgIpc) is 2.49. The van der Waals surface area contributed by atoms with E-state index in [1.54, 1.807) is 0 Å². The molecule has 1 aliphatic rings. The fourth-order valence-electron chi connectivity index (χ4n) is 2.16. The van der Waals surface area contributed by atoms with Gasteiger partial charge in [-0.15, -0.1) is 0 Å². The number of carbonyl (C=O) groups excluding carboxylic acids is 2. The van der Waals surface area contributed by atoms with Gasteiger partial charge in [0.15, 0.2) is 0 Å². The second-order valence-corrected chi connectivity index (χ2v) is 6.55. The van der Waals surface area contributed by atoms with E-state index in [0.29, 0.717) is 0 Å². The van der Waals surface area contributed by atoms with Gasteiger partial charge in [0.05, 0.1) is 18.4 Å². The Labute approximate surface area is 127 Å². The Kier molecular flexibility index (Phi) is 4.77. The molecule has 0 aliphatic carbocycles. The largest absolute Gasteiger partial charge is 0.469 e. The molecule has 1 N–H and O–H groups in total. The molecular formula is C13H15FN2O5S. The molecule has 1 atom stereocenters.